The zero-order valence-corrected chi connectivity index (χ0v) is 10.5. The van der Waals surface area contributed by atoms with Gasteiger partial charge in [-0.05, 0) is 25.7 Å². The third-order valence-electron chi connectivity index (χ3n) is 4.22. The summed E-state index contributed by atoms with van der Waals surface area (Å²) in [7, 11) is -2.91. The molecule has 0 spiro atoms. The molecule has 3 saturated heterocycles. The van der Waals surface area contributed by atoms with Crippen LogP contribution in [0, 0.1) is 5.92 Å². The Morgan fingerprint density at radius 2 is 2.06 bits per heavy atom. The van der Waals surface area contributed by atoms with Gasteiger partial charge in [0.15, 0.2) is 9.84 Å². The largest absolute Gasteiger partial charge is 0.352 e. The molecule has 3 rings (SSSR count). The summed E-state index contributed by atoms with van der Waals surface area (Å²) in [6.45, 7) is 0. The highest BCUT2D eigenvalue weighted by Gasteiger charge is 2.43. The maximum absolute atomic E-state index is 12.1. The second kappa shape index (κ2) is 3.95. The predicted octanol–water partition coefficient (Wildman–Crippen LogP) is -0.570. The molecular weight excluding hydrogens is 240 g/mol. The Morgan fingerprint density at radius 3 is 2.59 bits per heavy atom. The molecule has 2 N–H and O–H groups in total. The van der Waals surface area contributed by atoms with E-state index < -0.39 is 9.84 Å². The summed E-state index contributed by atoms with van der Waals surface area (Å²) in [5, 5.41) is 6.32. The van der Waals surface area contributed by atoms with Gasteiger partial charge in [-0.15, -0.1) is 0 Å². The molecule has 6 heteroatoms. The SMILES string of the molecule is O=C(NC1CCS(=O)(=O)C1)C1CC2CCC1N2. The Morgan fingerprint density at radius 1 is 1.24 bits per heavy atom. The summed E-state index contributed by atoms with van der Waals surface area (Å²) in [6, 6.07) is 0.660. The number of hydrogen-bond acceptors (Lipinski definition) is 4. The summed E-state index contributed by atoms with van der Waals surface area (Å²) in [4.78, 5) is 12.1. The first-order chi connectivity index (χ1) is 8.03. The highest BCUT2D eigenvalue weighted by Crippen LogP contribution is 2.33. The van der Waals surface area contributed by atoms with Crippen molar-refractivity contribution in [3.05, 3.63) is 0 Å². The monoisotopic (exact) mass is 258 g/mol. The molecule has 0 aromatic heterocycles. The second-order valence-corrected chi connectivity index (χ2v) is 7.73. The molecule has 0 radical (unpaired) electrons. The molecule has 0 aromatic carbocycles. The van der Waals surface area contributed by atoms with Gasteiger partial charge in [-0.1, -0.05) is 0 Å². The van der Waals surface area contributed by atoms with Crippen LogP contribution in [-0.2, 0) is 14.6 Å². The van der Waals surface area contributed by atoms with E-state index in [4.69, 9.17) is 0 Å². The van der Waals surface area contributed by atoms with Crippen LogP contribution in [0.4, 0.5) is 0 Å². The van der Waals surface area contributed by atoms with Gasteiger partial charge >= 0.3 is 0 Å². The zero-order chi connectivity index (χ0) is 12.0. The van der Waals surface area contributed by atoms with Gasteiger partial charge in [0.2, 0.25) is 5.91 Å². The van der Waals surface area contributed by atoms with Crippen LogP contribution in [0.3, 0.4) is 0 Å². The van der Waals surface area contributed by atoms with Crippen LogP contribution in [0.1, 0.15) is 25.7 Å². The first kappa shape index (κ1) is 11.5. The number of sulfone groups is 1. The van der Waals surface area contributed by atoms with Gasteiger partial charge in [-0.25, -0.2) is 8.42 Å². The van der Waals surface area contributed by atoms with Crippen molar-refractivity contribution in [3.8, 4) is 0 Å². The third kappa shape index (κ3) is 2.20. The number of carbonyl (C=O) groups excluding carboxylic acids is 1. The van der Waals surface area contributed by atoms with Gasteiger partial charge in [-0.2, -0.15) is 0 Å². The molecular formula is C11H18N2O3S. The summed E-state index contributed by atoms with van der Waals surface area (Å²) >= 11 is 0. The lowest BCUT2D eigenvalue weighted by Gasteiger charge is -2.21. The van der Waals surface area contributed by atoms with E-state index in [0.717, 1.165) is 12.8 Å². The number of hydrogen-bond donors (Lipinski definition) is 2. The van der Waals surface area contributed by atoms with Crippen LogP contribution in [0.15, 0.2) is 0 Å². The standard InChI is InChI=1S/C11H18N2O3S/c14-11(9-5-7-1-2-10(9)12-7)13-8-3-4-17(15,16)6-8/h7-10,12H,1-6H2,(H,13,14). The number of nitrogens with one attached hydrogen (secondary N) is 2. The average molecular weight is 258 g/mol. The van der Waals surface area contributed by atoms with Crippen molar-refractivity contribution in [2.45, 2.75) is 43.8 Å². The highest BCUT2D eigenvalue weighted by atomic mass is 32.2. The number of rotatable bonds is 2. The van der Waals surface area contributed by atoms with E-state index >= 15 is 0 Å². The van der Waals surface area contributed by atoms with Crippen molar-refractivity contribution in [2.75, 3.05) is 11.5 Å². The molecule has 0 saturated carbocycles. The lowest BCUT2D eigenvalue weighted by atomic mass is 9.88. The van der Waals surface area contributed by atoms with Crippen LogP contribution < -0.4 is 10.6 Å². The van der Waals surface area contributed by atoms with Crippen molar-refractivity contribution in [3.63, 3.8) is 0 Å². The molecule has 4 unspecified atom stereocenters. The molecule has 4 atom stereocenters. The lowest BCUT2D eigenvalue weighted by Crippen LogP contribution is -2.43. The Hall–Kier alpha value is -0.620. The fourth-order valence-electron chi connectivity index (χ4n) is 3.33. The molecule has 0 aromatic rings. The fourth-order valence-corrected chi connectivity index (χ4v) is 5.00. The summed E-state index contributed by atoms with van der Waals surface area (Å²) in [5.74, 6) is 0.434. The van der Waals surface area contributed by atoms with Crippen molar-refractivity contribution < 1.29 is 13.2 Å². The van der Waals surface area contributed by atoms with Gasteiger partial charge in [0.1, 0.15) is 0 Å². The van der Waals surface area contributed by atoms with E-state index in [-0.39, 0.29) is 29.4 Å². The molecule has 2 bridgehead atoms. The molecule has 3 fully saturated rings. The van der Waals surface area contributed by atoms with E-state index in [1.807, 2.05) is 0 Å². The number of amides is 1. The quantitative estimate of drug-likeness (QED) is 0.695. The van der Waals surface area contributed by atoms with E-state index in [2.05, 4.69) is 10.6 Å². The highest BCUT2D eigenvalue weighted by molar-refractivity contribution is 7.91. The molecule has 3 aliphatic heterocycles. The van der Waals surface area contributed by atoms with Gasteiger partial charge in [0, 0.05) is 18.1 Å². The summed E-state index contributed by atoms with van der Waals surface area (Å²) in [5.41, 5.74) is 0. The predicted molar refractivity (Wildman–Crippen MR) is 63.3 cm³/mol. The van der Waals surface area contributed by atoms with Crippen LogP contribution in [0.5, 0.6) is 0 Å². The molecule has 17 heavy (non-hydrogen) atoms. The van der Waals surface area contributed by atoms with Gasteiger partial charge in [0.05, 0.1) is 17.4 Å². The maximum atomic E-state index is 12.1. The first-order valence-electron chi connectivity index (χ1n) is 6.30. The Kier molecular flexibility index (Phi) is 2.66. The minimum absolute atomic E-state index is 0.0480. The van der Waals surface area contributed by atoms with Gasteiger partial charge < -0.3 is 10.6 Å². The van der Waals surface area contributed by atoms with E-state index in [9.17, 15) is 13.2 Å². The van der Waals surface area contributed by atoms with Crippen molar-refractivity contribution >= 4 is 15.7 Å². The second-order valence-electron chi connectivity index (χ2n) is 5.50. The van der Waals surface area contributed by atoms with E-state index in [1.165, 1.54) is 6.42 Å². The number of fused-ring (bicyclic) bond motifs is 2. The van der Waals surface area contributed by atoms with Crippen molar-refractivity contribution in [1.29, 1.82) is 0 Å². The molecule has 1 amide bonds. The van der Waals surface area contributed by atoms with Crippen molar-refractivity contribution in [1.82, 2.24) is 10.6 Å². The topological polar surface area (TPSA) is 75.3 Å². The third-order valence-corrected chi connectivity index (χ3v) is 5.98. The number of carbonyl (C=O) groups is 1. The molecule has 0 aliphatic carbocycles. The fraction of sp³-hybridized carbons (Fsp3) is 0.909. The summed E-state index contributed by atoms with van der Waals surface area (Å²) in [6.07, 6.45) is 3.73. The first-order valence-corrected chi connectivity index (χ1v) is 8.12. The summed E-state index contributed by atoms with van der Waals surface area (Å²) < 4.78 is 22.6. The van der Waals surface area contributed by atoms with Crippen LogP contribution in [0.25, 0.3) is 0 Å². The smallest absolute Gasteiger partial charge is 0.224 e. The Bertz CT molecular complexity index is 434. The van der Waals surface area contributed by atoms with Crippen LogP contribution >= 0.6 is 0 Å². The van der Waals surface area contributed by atoms with Crippen LogP contribution in [-0.4, -0.2) is 44.0 Å². The van der Waals surface area contributed by atoms with Gasteiger partial charge in [0.25, 0.3) is 0 Å². The average Bonchev–Trinajstić information content (AvgIpc) is 2.93. The molecule has 3 heterocycles. The normalized spacial score (nSPS) is 42.8. The van der Waals surface area contributed by atoms with Crippen LogP contribution in [0.2, 0.25) is 0 Å². The lowest BCUT2D eigenvalue weighted by molar-refractivity contribution is -0.126. The maximum Gasteiger partial charge on any atom is 0.224 e. The minimum atomic E-state index is -2.91. The van der Waals surface area contributed by atoms with E-state index in [0.29, 0.717) is 18.5 Å². The Labute approximate surface area is 101 Å². The zero-order valence-electron chi connectivity index (χ0n) is 9.69. The molecule has 3 aliphatic rings. The Balaban J connectivity index is 1.58. The van der Waals surface area contributed by atoms with Gasteiger partial charge in [-0.3, -0.25) is 4.79 Å². The van der Waals surface area contributed by atoms with E-state index in [1.54, 1.807) is 0 Å². The van der Waals surface area contributed by atoms with Crippen molar-refractivity contribution in [2.24, 2.45) is 5.92 Å². The minimum Gasteiger partial charge on any atom is -0.352 e. The molecule has 96 valence electrons. The molecule has 5 nitrogen and oxygen atoms in total.